The number of carboxylic acid groups (broad SMARTS) is 3. The topological polar surface area (TPSA) is 245 Å². The molecule has 0 fully saturated rings. The molecule has 0 rings (SSSR count). The van der Waals surface area contributed by atoms with Crippen LogP contribution in [0.15, 0.2) is 0 Å². The molecule has 4 atom stereocenters. The normalized spacial score (nSPS) is 14.6. The van der Waals surface area contributed by atoms with Gasteiger partial charge in [0.15, 0.2) is 0 Å². The number of hydrogen-bond acceptors (Lipinski definition) is 8. The molecule has 0 aromatic carbocycles. The molecule has 14 heteroatoms. The van der Waals surface area contributed by atoms with Crippen LogP contribution in [-0.4, -0.2) is 86.8 Å². The zero-order valence-corrected chi connectivity index (χ0v) is 17.0. The number of rotatable bonds is 14. The Balaban J connectivity index is 5.45. The van der Waals surface area contributed by atoms with Crippen LogP contribution in [0.4, 0.5) is 0 Å². The number of carbonyl (C=O) groups excluding carboxylic acids is 3. The van der Waals surface area contributed by atoms with Crippen molar-refractivity contribution < 1.29 is 49.2 Å². The number of nitrogens with one attached hydrogen (secondary N) is 3. The van der Waals surface area contributed by atoms with E-state index < -0.39 is 79.2 Å². The van der Waals surface area contributed by atoms with Crippen LogP contribution in [0.2, 0.25) is 0 Å². The zero-order chi connectivity index (χ0) is 24.3. The van der Waals surface area contributed by atoms with E-state index in [1.54, 1.807) is 13.8 Å². The zero-order valence-electron chi connectivity index (χ0n) is 17.0. The van der Waals surface area contributed by atoms with Crippen LogP contribution < -0.4 is 21.7 Å². The molecule has 0 aliphatic heterocycles. The van der Waals surface area contributed by atoms with Gasteiger partial charge in [0, 0.05) is 0 Å². The minimum Gasteiger partial charge on any atom is -0.481 e. The number of nitrogens with two attached hydrogens (primary N) is 1. The molecule has 9 N–H and O–H groups in total. The Hall–Kier alpha value is -3.26. The second-order valence-corrected chi connectivity index (χ2v) is 7.14. The van der Waals surface area contributed by atoms with Gasteiger partial charge in [-0.1, -0.05) is 13.8 Å². The van der Waals surface area contributed by atoms with Gasteiger partial charge in [-0.3, -0.25) is 24.0 Å². The van der Waals surface area contributed by atoms with Gasteiger partial charge in [0.05, 0.1) is 25.5 Å². The molecule has 0 heterocycles. The summed E-state index contributed by atoms with van der Waals surface area (Å²) in [6.45, 7) is 2.51. The van der Waals surface area contributed by atoms with Crippen molar-refractivity contribution in [2.45, 2.75) is 57.3 Å². The van der Waals surface area contributed by atoms with E-state index in [0.29, 0.717) is 0 Å². The van der Waals surface area contributed by atoms with Crippen LogP contribution in [-0.2, 0) is 28.8 Å². The highest BCUT2D eigenvalue weighted by Crippen LogP contribution is 2.07. The first-order valence-electron chi connectivity index (χ1n) is 9.22. The maximum Gasteiger partial charge on any atom is 0.328 e. The first-order valence-corrected chi connectivity index (χ1v) is 9.22. The van der Waals surface area contributed by atoms with Gasteiger partial charge in [-0.25, -0.2) is 4.79 Å². The molecule has 0 bridgehead atoms. The maximum atomic E-state index is 12.6. The highest BCUT2D eigenvalue weighted by atomic mass is 16.4. The van der Waals surface area contributed by atoms with Crippen LogP contribution in [0, 0.1) is 5.92 Å². The monoisotopic (exact) mass is 448 g/mol. The van der Waals surface area contributed by atoms with E-state index in [9.17, 15) is 28.8 Å². The van der Waals surface area contributed by atoms with E-state index in [1.165, 1.54) is 0 Å². The maximum absolute atomic E-state index is 12.6. The highest BCUT2D eigenvalue weighted by molar-refractivity contribution is 5.96. The smallest absolute Gasteiger partial charge is 0.328 e. The van der Waals surface area contributed by atoms with Gasteiger partial charge >= 0.3 is 17.9 Å². The van der Waals surface area contributed by atoms with E-state index in [2.05, 4.69) is 5.32 Å². The van der Waals surface area contributed by atoms with Gasteiger partial charge < -0.3 is 42.1 Å². The fourth-order valence-electron chi connectivity index (χ4n) is 2.38. The molecule has 31 heavy (non-hydrogen) atoms. The number of carbonyl (C=O) groups is 6. The quantitative estimate of drug-likeness (QED) is 0.132. The van der Waals surface area contributed by atoms with Gasteiger partial charge in [-0.15, -0.1) is 0 Å². The standard InChI is InChI=1S/C17H28N4O10/c1-7(2)3-9(15(28)21-11(6-22)17(30)31)20-16(29)10(5-13(25)26)19-14(27)8(18)4-12(23)24/h7-11,22H,3-6,18H2,1-2H3,(H,19,27)(H,20,29)(H,21,28)(H,23,24)(H,25,26)(H,30,31). The number of carboxylic acids is 3. The molecule has 0 aromatic heterocycles. The number of hydrogen-bond donors (Lipinski definition) is 8. The van der Waals surface area contributed by atoms with Crippen molar-refractivity contribution in [1.29, 1.82) is 0 Å². The predicted octanol–water partition coefficient (Wildman–Crippen LogP) is -3.16. The SMILES string of the molecule is CC(C)CC(NC(=O)C(CC(=O)O)NC(=O)C(N)CC(=O)O)C(=O)NC(CO)C(=O)O. The average Bonchev–Trinajstić information content (AvgIpc) is 2.62. The minimum absolute atomic E-state index is 0.0294. The summed E-state index contributed by atoms with van der Waals surface area (Å²) in [5.41, 5.74) is 5.40. The summed E-state index contributed by atoms with van der Waals surface area (Å²) in [6, 6.07) is -6.15. The van der Waals surface area contributed by atoms with Gasteiger partial charge in [0.1, 0.15) is 18.1 Å². The van der Waals surface area contributed by atoms with Gasteiger partial charge in [-0.2, -0.15) is 0 Å². The van der Waals surface area contributed by atoms with Crippen molar-refractivity contribution in [1.82, 2.24) is 16.0 Å². The number of aliphatic carboxylic acids is 3. The van der Waals surface area contributed by atoms with Crippen molar-refractivity contribution >= 4 is 35.6 Å². The average molecular weight is 448 g/mol. The fraction of sp³-hybridized carbons (Fsp3) is 0.647. The van der Waals surface area contributed by atoms with E-state index in [-0.39, 0.29) is 12.3 Å². The third kappa shape index (κ3) is 10.9. The molecular weight excluding hydrogens is 420 g/mol. The summed E-state index contributed by atoms with van der Waals surface area (Å²) in [7, 11) is 0. The van der Waals surface area contributed by atoms with Crippen LogP contribution >= 0.6 is 0 Å². The Bertz CT molecular complexity index is 696. The fourth-order valence-corrected chi connectivity index (χ4v) is 2.38. The van der Waals surface area contributed by atoms with Crippen LogP contribution in [0.3, 0.4) is 0 Å². The van der Waals surface area contributed by atoms with E-state index in [0.717, 1.165) is 0 Å². The molecule has 0 saturated heterocycles. The molecule has 176 valence electrons. The predicted molar refractivity (Wildman–Crippen MR) is 102 cm³/mol. The molecular formula is C17H28N4O10. The molecule has 0 radical (unpaired) electrons. The lowest BCUT2D eigenvalue weighted by molar-refractivity contribution is -0.144. The third-order valence-corrected chi connectivity index (χ3v) is 3.88. The molecule has 0 aliphatic rings. The van der Waals surface area contributed by atoms with Crippen molar-refractivity contribution in [3.8, 4) is 0 Å². The van der Waals surface area contributed by atoms with E-state index in [4.69, 9.17) is 26.2 Å². The van der Waals surface area contributed by atoms with Crippen molar-refractivity contribution in [3.05, 3.63) is 0 Å². The Labute approximate surface area is 177 Å². The molecule has 14 nitrogen and oxygen atoms in total. The second-order valence-electron chi connectivity index (χ2n) is 7.14. The molecule has 4 unspecified atom stereocenters. The molecule has 0 spiro atoms. The van der Waals surface area contributed by atoms with E-state index in [1.807, 2.05) is 10.6 Å². The van der Waals surface area contributed by atoms with Crippen LogP contribution in [0.5, 0.6) is 0 Å². The number of aliphatic hydroxyl groups is 1. The summed E-state index contributed by atoms with van der Waals surface area (Å²) >= 11 is 0. The third-order valence-electron chi connectivity index (χ3n) is 3.88. The summed E-state index contributed by atoms with van der Waals surface area (Å²) in [5, 5.41) is 42.0. The summed E-state index contributed by atoms with van der Waals surface area (Å²) < 4.78 is 0. The molecule has 0 aliphatic carbocycles. The largest absolute Gasteiger partial charge is 0.481 e. The Morgan fingerprint density at radius 1 is 0.742 bits per heavy atom. The number of aliphatic hydroxyl groups excluding tert-OH is 1. The first kappa shape index (κ1) is 27.7. The van der Waals surface area contributed by atoms with E-state index >= 15 is 0 Å². The molecule has 0 aromatic rings. The highest BCUT2D eigenvalue weighted by Gasteiger charge is 2.31. The lowest BCUT2D eigenvalue weighted by Gasteiger charge is -2.25. The van der Waals surface area contributed by atoms with Crippen molar-refractivity contribution in [3.63, 3.8) is 0 Å². The van der Waals surface area contributed by atoms with Crippen LogP contribution in [0.25, 0.3) is 0 Å². The van der Waals surface area contributed by atoms with Gasteiger partial charge in [0.2, 0.25) is 17.7 Å². The lowest BCUT2D eigenvalue weighted by atomic mass is 10.0. The summed E-state index contributed by atoms with van der Waals surface area (Å²) in [5.74, 6) is -7.61. The van der Waals surface area contributed by atoms with Gasteiger partial charge in [0.25, 0.3) is 0 Å². The minimum atomic E-state index is -1.68. The first-order chi connectivity index (χ1) is 14.3. The number of amides is 3. The van der Waals surface area contributed by atoms with Crippen molar-refractivity contribution in [2.75, 3.05) is 6.61 Å². The Kier molecular flexibility index (Phi) is 11.7. The molecule has 3 amide bonds. The lowest BCUT2D eigenvalue weighted by Crippen LogP contribution is -2.58. The second kappa shape index (κ2) is 13.1. The van der Waals surface area contributed by atoms with Crippen molar-refractivity contribution in [2.24, 2.45) is 11.7 Å². The Morgan fingerprint density at radius 3 is 1.61 bits per heavy atom. The molecule has 0 saturated carbocycles. The summed E-state index contributed by atoms with van der Waals surface area (Å²) in [6.07, 6.45) is -1.62. The van der Waals surface area contributed by atoms with Crippen LogP contribution in [0.1, 0.15) is 33.1 Å². The van der Waals surface area contributed by atoms with Gasteiger partial charge in [-0.05, 0) is 12.3 Å². The summed E-state index contributed by atoms with van der Waals surface area (Å²) in [4.78, 5) is 69.7. The Morgan fingerprint density at radius 2 is 1.19 bits per heavy atom.